The van der Waals surface area contributed by atoms with Crippen LogP contribution < -0.4 is 10.9 Å². The predicted molar refractivity (Wildman–Crippen MR) is 97.3 cm³/mol. The molecule has 0 saturated carbocycles. The van der Waals surface area contributed by atoms with E-state index < -0.39 is 8.38 Å². The smallest absolute Gasteiger partial charge is 0.275 e. The van der Waals surface area contributed by atoms with Crippen molar-refractivity contribution in [2.45, 2.75) is 39.7 Å². The Balaban J connectivity index is 1.71. The fourth-order valence-electron chi connectivity index (χ4n) is 2.32. The van der Waals surface area contributed by atoms with Crippen molar-refractivity contribution in [2.24, 2.45) is 0 Å². The zero-order valence-electron chi connectivity index (χ0n) is 14.4. The van der Waals surface area contributed by atoms with Gasteiger partial charge in [-0.15, -0.1) is 0 Å². The summed E-state index contributed by atoms with van der Waals surface area (Å²) >= 11 is 0. The van der Waals surface area contributed by atoms with Gasteiger partial charge < -0.3 is 24.3 Å². The number of nitrogens with one attached hydrogen (secondary N) is 3. The highest BCUT2D eigenvalue weighted by atomic mass is 31.2. The van der Waals surface area contributed by atoms with Crippen molar-refractivity contribution in [1.82, 2.24) is 20.3 Å². The third kappa shape index (κ3) is 5.67. The molecule has 8 heteroatoms. The molecule has 0 saturated heterocycles. The van der Waals surface area contributed by atoms with Crippen LogP contribution in [0.5, 0.6) is 0 Å². The summed E-state index contributed by atoms with van der Waals surface area (Å²) in [5.74, 6) is 0. The molecular weight excluding hydrogens is 327 g/mol. The lowest BCUT2D eigenvalue weighted by Crippen LogP contribution is -2.16. The summed E-state index contributed by atoms with van der Waals surface area (Å²) in [5.41, 5.74) is 2.12. The van der Waals surface area contributed by atoms with Crippen LogP contribution in [0.15, 0.2) is 17.3 Å². The van der Waals surface area contributed by atoms with Crippen molar-refractivity contribution >= 4 is 19.4 Å². The Labute approximate surface area is 143 Å². The maximum absolute atomic E-state index is 11.6. The van der Waals surface area contributed by atoms with Gasteiger partial charge >= 0.3 is 0 Å². The number of H-pyrrole nitrogens is 2. The third-order valence-electron chi connectivity index (χ3n) is 3.56. The van der Waals surface area contributed by atoms with Crippen LogP contribution >= 0.6 is 8.38 Å². The van der Waals surface area contributed by atoms with Gasteiger partial charge in [0.2, 0.25) is 0 Å². The van der Waals surface area contributed by atoms with E-state index in [1.807, 2.05) is 13.1 Å². The fraction of sp³-hybridized carbons (Fsp3) is 0.625. The van der Waals surface area contributed by atoms with Crippen molar-refractivity contribution < 1.29 is 9.05 Å². The van der Waals surface area contributed by atoms with Gasteiger partial charge in [0.05, 0.1) is 25.1 Å². The van der Waals surface area contributed by atoms with Gasteiger partial charge in [-0.05, 0) is 26.3 Å². The van der Waals surface area contributed by atoms with Crippen molar-refractivity contribution in [3.63, 3.8) is 0 Å². The molecule has 0 amide bonds. The van der Waals surface area contributed by atoms with Crippen molar-refractivity contribution in [2.75, 3.05) is 25.9 Å². The molecule has 0 fully saturated rings. The standard InChI is InChI=1S/C16H27N4O3P/c1-3-5-8-23-24(22-4-2)9-6-7-17-10-13-11-18-15-14(13)19-12-20-16(15)21/h11-12,17-18H,3-10H2,1-2H3,(H,19,20,21). The van der Waals surface area contributed by atoms with E-state index in [0.29, 0.717) is 18.7 Å². The Morgan fingerprint density at radius 3 is 2.92 bits per heavy atom. The van der Waals surface area contributed by atoms with E-state index in [2.05, 4.69) is 27.2 Å². The first kappa shape index (κ1) is 19.1. The number of hydrogen-bond acceptors (Lipinski definition) is 5. The van der Waals surface area contributed by atoms with Gasteiger partial charge in [0.1, 0.15) is 5.52 Å². The van der Waals surface area contributed by atoms with Crippen LogP contribution in [0, 0.1) is 0 Å². The van der Waals surface area contributed by atoms with Gasteiger partial charge in [-0.25, -0.2) is 4.98 Å². The molecule has 1 atom stereocenters. The van der Waals surface area contributed by atoms with Crippen molar-refractivity contribution in [1.29, 1.82) is 0 Å². The number of unbranched alkanes of at least 4 members (excludes halogenated alkanes) is 1. The second-order valence-corrected chi connectivity index (χ2v) is 7.09. The average Bonchev–Trinajstić information content (AvgIpc) is 2.99. The Bertz CT molecular complexity index is 658. The van der Waals surface area contributed by atoms with Crippen molar-refractivity contribution in [3.8, 4) is 0 Å². The summed E-state index contributed by atoms with van der Waals surface area (Å²) in [5, 5.41) is 3.39. The molecule has 2 aromatic rings. The minimum Gasteiger partial charge on any atom is -0.355 e. The average molecular weight is 354 g/mol. The number of fused-ring (bicyclic) bond motifs is 1. The number of nitrogens with zero attached hydrogens (tertiary/aromatic N) is 1. The number of rotatable bonds is 12. The number of aromatic nitrogens is 3. The molecule has 0 radical (unpaired) electrons. The molecule has 7 nitrogen and oxygen atoms in total. The molecule has 0 aliphatic carbocycles. The lowest BCUT2D eigenvalue weighted by atomic mass is 10.3. The highest BCUT2D eigenvalue weighted by molar-refractivity contribution is 7.47. The monoisotopic (exact) mass is 354 g/mol. The van der Waals surface area contributed by atoms with E-state index in [-0.39, 0.29) is 5.56 Å². The lowest BCUT2D eigenvalue weighted by Gasteiger charge is -2.16. The van der Waals surface area contributed by atoms with Crippen molar-refractivity contribution in [3.05, 3.63) is 28.4 Å². The molecule has 0 bridgehead atoms. The molecule has 0 aliphatic heterocycles. The number of hydrogen-bond donors (Lipinski definition) is 3. The first-order chi connectivity index (χ1) is 11.8. The van der Waals surface area contributed by atoms with E-state index >= 15 is 0 Å². The minimum atomic E-state index is -0.771. The molecule has 2 heterocycles. The highest BCUT2D eigenvalue weighted by Gasteiger charge is 2.10. The van der Waals surface area contributed by atoms with Gasteiger partial charge in [-0.3, -0.25) is 4.79 Å². The second-order valence-electron chi connectivity index (χ2n) is 5.46. The van der Waals surface area contributed by atoms with E-state index in [1.54, 1.807) is 0 Å². The molecule has 2 aromatic heterocycles. The largest absolute Gasteiger partial charge is 0.355 e. The van der Waals surface area contributed by atoms with Crippen LogP contribution in [-0.4, -0.2) is 40.9 Å². The predicted octanol–water partition coefficient (Wildman–Crippen LogP) is 2.90. The molecule has 3 N–H and O–H groups in total. The molecular formula is C16H27N4O3P. The van der Waals surface area contributed by atoms with Crippen LogP contribution in [0.4, 0.5) is 0 Å². The molecule has 0 aromatic carbocycles. The molecule has 24 heavy (non-hydrogen) atoms. The molecule has 0 aliphatic rings. The second kappa shape index (κ2) is 10.6. The highest BCUT2D eigenvalue weighted by Crippen LogP contribution is 2.38. The summed E-state index contributed by atoms with van der Waals surface area (Å²) in [4.78, 5) is 21.4. The summed E-state index contributed by atoms with van der Waals surface area (Å²) in [6.45, 7) is 7.19. The SMILES string of the molecule is CCCCOP(CCCNCc1c[nH]c2c(=O)[nH]cnc12)OCC. The van der Waals surface area contributed by atoms with E-state index in [4.69, 9.17) is 9.05 Å². The third-order valence-corrected chi connectivity index (χ3v) is 5.26. The fourth-order valence-corrected chi connectivity index (χ4v) is 3.69. The molecule has 1 unspecified atom stereocenters. The first-order valence-corrected chi connectivity index (χ1v) is 9.90. The van der Waals surface area contributed by atoms with Crippen LogP contribution in [-0.2, 0) is 15.6 Å². The normalized spacial score (nSPS) is 12.8. The van der Waals surface area contributed by atoms with E-state index in [9.17, 15) is 4.79 Å². The van der Waals surface area contributed by atoms with E-state index in [1.165, 1.54) is 6.33 Å². The molecule has 0 spiro atoms. The Morgan fingerprint density at radius 1 is 1.25 bits per heavy atom. The zero-order valence-corrected chi connectivity index (χ0v) is 15.3. The maximum atomic E-state index is 11.6. The molecule has 134 valence electrons. The van der Waals surface area contributed by atoms with Crippen LogP contribution in [0.2, 0.25) is 0 Å². The quantitative estimate of drug-likeness (QED) is 0.403. The Hall–Kier alpha value is -1.27. The number of aromatic amines is 2. The van der Waals surface area contributed by atoms with Gasteiger partial charge in [0.15, 0.2) is 8.38 Å². The Morgan fingerprint density at radius 2 is 2.12 bits per heavy atom. The zero-order chi connectivity index (χ0) is 17.2. The van der Waals surface area contributed by atoms with Gasteiger partial charge in [-0.1, -0.05) is 13.3 Å². The lowest BCUT2D eigenvalue weighted by molar-refractivity contribution is 0.254. The van der Waals surface area contributed by atoms with Crippen LogP contribution in [0.1, 0.15) is 38.7 Å². The van der Waals surface area contributed by atoms with Crippen LogP contribution in [0.3, 0.4) is 0 Å². The maximum Gasteiger partial charge on any atom is 0.275 e. The Kier molecular flexibility index (Phi) is 8.39. The van der Waals surface area contributed by atoms with Crippen LogP contribution in [0.25, 0.3) is 11.0 Å². The molecule has 2 rings (SSSR count). The van der Waals surface area contributed by atoms with Gasteiger partial charge in [-0.2, -0.15) is 0 Å². The van der Waals surface area contributed by atoms with Gasteiger partial charge in [0, 0.05) is 24.5 Å². The minimum absolute atomic E-state index is 0.141. The van der Waals surface area contributed by atoms with E-state index in [0.717, 1.165) is 49.7 Å². The summed E-state index contributed by atoms with van der Waals surface area (Å²) in [6, 6.07) is 0. The first-order valence-electron chi connectivity index (χ1n) is 8.54. The summed E-state index contributed by atoms with van der Waals surface area (Å²) in [7, 11) is -0.771. The van der Waals surface area contributed by atoms with Gasteiger partial charge in [0.25, 0.3) is 5.56 Å². The topological polar surface area (TPSA) is 92.0 Å². The summed E-state index contributed by atoms with van der Waals surface area (Å²) in [6.07, 6.45) is 7.42. The summed E-state index contributed by atoms with van der Waals surface area (Å²) < 4.78 is 11.5.